The van der Waals surface area contributed by atoms with Gasteiger partial charge in [-0.1, -0.05) is 29.8 Å². The van der Waals surface area contributed by atoms with E-state index < -0.39 is 12.0 Å². The summed E-state index contributed by atoms with van der Waals surface area (Å²) in [5.74, 6) is -1.05. The van der Waals surface area contributed by atoms with Gasteiger partial charge in [0.15, 0.2) is 5.11 Å². The number of halogens is 1. The first-order valence-corrected chi connectivity index (χ1v) is 10.6. The summed E-state index contributed by atoms with van der Waals surface area (Å²) in [6.07, 6.45) is -0.0622. The van der Waals surface area contributed by atoms with Gasteiger partial charge in [0.2, 0.25) is 5.91 Å². The van der Waals surface area contributed by atoms with Crippen LogP contribution in [0.4, 0.5) is 11.4 Å². The number of para-hydroxylation sites is 1. The fourth-order valence-corrected chi connectivity index (χ4v) is 3.81. The van der Waals surface area contributed by atoms with Gasteiger partial charge >= 0.3 is 5.97 Å². The fraction of sp³-hybridized carbons (Fsp3) is 0.273. The van der Waals surface area contributed by atoms with Crippen molar-refractivity contribution in [2.45, 2.75) is 25.8 Å². The van der Waals surface area contributed by atoms with Crippen molar-refractivity contribution in [2.24, 2.45) is 0 Å². The summed E-state index contributed by atoms with van der Waals surface area (Å²) in [5.41, 5.74) is 1.18. The van der Waals surface area contributed by atoms with Gasteiger partial charge in [-0.2, -0.15) is 0 Å². The van der Waals surface area contributed by atoms with Gasteiger partial charge < -0.3 is 15.0 Å². The maximum absolute atomic E-state index is 13.2. The van der Waals surface area contributed by atoms with Crippen LogP contribution >= 0.6 is 23.8 Å². The van der Waals surface area contributed by atoms with Crippen LogP contribution in [0.5, 0.6) is 0 Å². The smallest absolute Gasteiger partial charge is 0.307 e. The van der Waals surface area contributed by atoms with E-state index in [0.717, 1.165) is 0 Å². The van der Waals surface area contributed by atoms with Crippen molar-refractivity contribution < 1.29 is 19.1 Å². The van der Waals surface area contributed by atoms with Gasteiger partial charge in [-0.05, 0) is 55.5 Å². The highest BCUT2D eigenvalue weighted by Gasteiger charge is 2.44. The van der Waals surface area contributed by atoms with E-state index in [-0.39, 0.29) is 42.9 Å². The Bertz CT molecular complexity index is 968. The molecule has 0 bridgehead atoms. The highest BCUT2D eigenvalue weighted by atomic mass is 35.5. The number of nitrogens with zero attached hydrogens (tertiary/aromatic N) is 2. The van der Waals surface area contributed by atoms with Gasteiger partial charge in [0.1, 0.15) is 6.04 Å². The Labute approximate surface area is 190 Å². The minimum absolute atomic E-state index is 0.0481. The lowest BCUT2D eigenvalue weighted by atomic mass is 10.1. The third-order valence-electron chi connectivity index (χ3n) is 4.70. The molecule has 1 fully saturated rings. The van der Waals surface area contributed by atoms with Gasteiger partial charge in [0.05, 0.1) is 25.1 Å². The first-order chi connectivity index (χ1) is 14.9. The molecule has 0 aliphatic carbocycles. The molecule has 1 aliphatic rings. The summed E-state index contributed by atoms with van der Waals surface area (Å²) in [7, 11) is 0. The molecule has 0 aromatic heterocycles. The predicted octanol–water partition coefficient (Wildman–Crippen LogP) is 3.62. The number of hydrogen-bond acceptors (Lipinski definition) is 5. The first-order valence-electron chi connectivity index (χ1n) is 9.81. The molecule has 0 spiro atoms. The van der Waals surface area contributed by atoms with Crippen LogP contribution in [0, 0.1) is 0 Å². The summed E-state index contributed by atoms with van der Waals surface area (Å²) >= 11 is 11.5. The van der Waals surface area contributed by atoms with Crippen molar-refractivity contribution in [1.82, 2.24) is 4.90 Å². The van der Waals surface area contributed by atoms with Crippen LogP contribution in [0.15, 0.2) is 54.6 Å². The van der Waals surface area contributed by atoms with Gasteiger partial charge in [-0.25, -0.2) is 0 Å². The standard InChI is InChI=1S/C22H22ClN3O4S/c1-2-30-20(28)12-13-25-18(14-19(27)24-16-6-4-3-5-7-16)21(29)26(22(25)31)17-10-8-15(23)9-11-17/h3-11,18H,2,12-14H2,1H3,(H,24,27)/t18-/m0/s1. The lowest BCUT2D eigenvalue weighted by Gasteiger charge is -2.23. The van der Waals surface area contributed by atoms with Crippen LogP contribution < -0.4 is 10.2 Å². The highest BCUT2D eigenvalue weighted by Crippen LogP contribution is 2.28. The zero-order chi connectivity index (χ0) is 22.4. The number of rotatable bonds is 8. The van der Waals surface area contributed by atoms with Crippen LogP contribution in [0.1, 0.15) is 19.8 Å². The molecule has 0 radical (unpaired) electrons. The van der Waals surface area contributed by atoms with E-state index >= 15 is 0 Å². The lowest BCUT2D eigenvalue weighted by molar-refractivity contribution is -0.143. The molecule has 9 heteroatoms. The van der Waals surface area contributed by atoms with E-state index in [0.29, 0.717) is 16.4 Å². The molecular formula is C22H22ClN3O4S. The van der Waals surface area contributed by atoms with Gasteiger partial charge in [-0.15, -0.1) is 0 Å². The van der Waals surface area contributed by atoms with Crippen molar-refractivity contribution in [2.75, 3.05) is 23.4 Å². The number of thiocarbonyl (C=S) groups is 1. The fourth-order valence-electron chi connectivity index (χ4n) is 3.27. The number of carbonyl (C=O) groups excluding carboxylic acids is 3. The zero-order valence-corrected chi connectivity index (χ0v) is 18.5. The monoisotopic (exact) mass is 459 g/mol. The predicted molar refractivity (Wildman–Crippen MR) is 123 cm³/mol. The summed E-state index contributed by atoms with van der Waals surface area (Å²) in [6.45, 7) is 2.15. The third kappa shape index (κ3) is 5.59. The van der Waals surface area contributed by atoms with Crippen LogP contribution in [0.3, 0.4) is 0 Å². The van der Waals surface area contributed by atoms with Crippen molar-refractivity contribution >= 4 is 58.1 Å². The minimum Gasteiger partial charge on any atom is -0.466 e. The maximum atomic E-state index is 13.2. The molecule has 0 unspecified atom stereocenters. The van der Waals surface area contributed by atoms with E-state index in [2.05, 4.69) is 5.32 Å². The van der Waals surface area contributed by atoms with Gasteiger partial charge in [-0.3, -0.25) is 19.3 Å². The second-order valence-electron chi connectivity index (χ2n) is 6.82. The molecule has 0 saturated carbocycles. The summed E-state index contributed by atoms with van der Waals surface area (Å²) in [5, 5.41) is 3.54. The third-order valence-corrected chi connectivity index (χ3v) is 5.37. The van der Waals surface area contributed by atoms with Crippen LogP contribution in [0.25, 0.3) is 0 Å². The Kier molecular flexibility index (Phi) is 7.59. The van der Waals surface area contributed by atoms with Crippen molar-refractivity contribution in [1.29, 1.82) is 0 Å². The molecular weight excluding hydrogens is 438 g/mol. The number of hydrogen-bond donors (Lipinski definition) is 1. The Morgan fingerprint density at radius 2 is 1.81 bits per heavy atom. The molecule has 31 heavy (non-hydrogen) atoms. The molecule has 2 aromatic carbocycles. The number of anilines is 2. The minimum atomic E-state index is -0.832. The van der Waals surface area contributed by atoms with Crippen LogP contribution in [-0.2, 0) is 19.1 Å². The molecule has 1 aliphatic heterocycles. The molecule has 162 valence electrons. The molecule has 1 atom stereocenters. The molecule has 7 nitrogen and oxygen atoms in total. The second kappa shape index (κ2) is 10.4. The Morgan fingerprint density at radius 3 is 2.45 bits per heavy atom. The number of amides is 2. The summed E-state index contributed by atoms with van der Waals surface area (Å²) in [4.78, 5) is 40.7. The lowest BCUT2D eigenvalue weighted by Crippen LogP contribution is -2.39. The molecule has 1 heterocycles. The quantitative estimate of drug-likeness (QED) is 0.479. The molecule has 2 aromatic rings. The SMILES string of the molecule is CCOC(=O)CCN1C(=S)N(c2ccc(Cl)cc2)C(=O)[C@@H]1CC(=O)Nc1ccccc1. The topological polar surface area (TPSA) is 79.0 Å². The van der Waals surface area contributed by atoms with E-state index in [1.54, 1.807) is 60.4 Å². The van der Waals surface area contributed by atoms with E-state index in [4.69, 9.17) is 28.6 Å². The zero-order valence-electron chi connectivity index (χ0n) is 16.9. The highest BCUT2D eigenvalue weighted by molar-refractivity contribution is 7.80. The van der Waals surface area contributed by atoms with E-state index in [1.807, 2.05) is 6.07 Å². The average Bonchev–Trinajstić information content (AvgIpc) is 2.97. The number of carbonyl (C=O) groups is 3. The van der Waals surface area contributed by atoms with E-state index in [9.17, 15) is 14.4 Å². The van der Waals surface area contributed by atoms with Gasteiger partial charge in [0.25, 0.3) is 5.91 Å². The maximum Gasteiger partial charge on any atom is 0.307 e. The summed E-state index contributed by atoms with van der Waals surface area (Å²) < 4.78 is 4.98. The number of ether oxygens (including phenoxy) is 1. The van der Waals surface area contributed by atoms with Crippen molar-refractivity contribution in [3.8, 4) is 0 Å². The van der Waals surface area contributed by atoms with E-state index in [1.165, 1.54) is 4.90 Å². The number of benzene rings is 2. The Balaban J connectivity index is 1.80. The van der Waals surface area contributed by atoms with Crippen molar-refractivity contribution in [3.05, 3.63) is 59.6 Å². The Morgan fingerprint density at radius 1 is 1.13 bits per heavy atom. The molecule has 1 saturated heterocycles. The van der Waals surface area contributed by atoms with Crippen molar-refractivity contribution in [3.63, 3.8) is 0 Å². The largest absolute Gasteiger partial charge is 0.466 e. The average molecular weight is 460 g/mol. The molecule has 1 N–H and O–H groups in total. The molecule has 2 amide bonds. The number of nitrogens with one attached hydrogen (secondary N) is 1. The van der Waals surface area contributed by atoms with Gasteiger partial charge in [0, 0.05) is 17.3 Å². The second-order valence-corrected chi connectivity index (χ2v) is 7.62. The first kappa shape index (κ1) is 22.7. The normalized spacial score (nSPS) is 15.9. The Hall–Kier alpha value is -2.97. The van der Waals surface area contributed by atoms with Crippen LogP contribution in [0.2, 0.25) is 5.02 Å². The summed E-state index contributed by atoms with van der Waals surface area (Å²) in [6, 6.07) is 14.8. The molecule has 3 rings (SSSR count). The number of esters is 1. The van der Waals surface area contributed by atoms with Crippen LogP contribution in [-0.4, -0.2) is 47.0 Å².